The highest BCUT2D eigenvalue weighted by Gasteiger charge is 2.30. The van der Waals surface area contributed by atoms with E-state index in [0.29, 0.717) is 0 Å². The van der Waals surface area contributed by atoms with Crippen LogP contribution in [-0.4, -0.2) is 64.9 Å². The van der Waals surface area contributed by atoms with E-state index in [0.717, 1.165) is 0 Å². The highest BCUT2D eigenvalue weighted by atomic mass is 16.3. The summed E-state index contributed by atoms with van der Waals surface area (Å²) >= 11 is 0. The number of carbonyl (C=O) groups is 2. The van der Waals surface area contributed by atoms with Gasteiger partial charge in [0.15, 0.2) is 0 Å². The smallest absolute Gasteiger partial charge is 0.321 e. The zero-order valence-electron chi connectivity index (χ0n) is 10.0. The van der Waals surface area contributed by atoms with Crippen LogP contribution in [-0.2, 0) is 4.79 Å². The Morgan fingerprint density at radius 2 is 1.82 bits per heavy atom. The summed E-state index contributed by atoms with van der Waals surface area (Å²) in [4.78, 5) is 24.2. The molecule has 0 aliphatic carbocycles. The number of nitrogens with zero attached hydrogens (tertiary/aromatic N) is 1. The molecule has 1 saturated heterocycles. The van der Waals surface area contributed by atoms with Crippen LogP contribution in [0.25, 0.3) is 0 Å². The van der Waals surface area contributed by atoms with Crippen LogP contribution < -0.4 is 10.6 Å². The van der Waals surface area contributed by atoms with Crippen LogP contribution >= 0.6 is 0 Å². The van der Waals surface area contributed by atoms with Gasteiger partial charge in [0.1, 0.15) is 0 Å². The van der Waals surface area contributed by atoms with Crippen molar-refractivity contribution in [1.29, 1.82) is 0 Å². The van der Waals surface area contributed by atoms with Crippen molar-refractivity contribution in [2.45, 2.75) is 32.1 Å². The number of amides is 3. The van der Waals surface area contributed by atoms with E-state index in [1.54, 1.807) is 18.7 Å². The Kier molecular flexibility index (Phi) is 4.86. The molecule has 0 radical (unpaired) electrons. The second-order valence-corrected chi connectivity index (χ2v) is 4.51. The molecule has 3 amide bonds. The maximum absolute atomic E-state index is 11.4. The number of nitrogens with one attached hydrogen (secondary N) is 2. The van der Waals surface area contributed by atoms with E-state index >= 15 is 0 Å². The molecule has 0 saturated carbocycles. The van der Waals surface area contributed by atoms with Gasteiger partial charge in [-0.1, -0.05) is 0 Å². The minimum Gasteiger partial charge on any atom is -0.389 e. The molecule has 17 heavy (non-hydrogen) atoms. The Morgan fingerprint density at radius 3 is 2.29 bits per heavy atom. The number of aliphatic hydroxyl groups is 2. The minimum atomic E-state index is -0.827. The quantitative estimate of drug-likeness (QED) is 0.473. The summed E-state index contributed by atoms with van der Waals surface area (Å²) in [5, 5.41) is 23.3. The Labute approximate surface area is 99.8 Å². The van der Waals surface area contributed by atoms with E-state index in [1.165, 1.54) is 0 Å². The van der Waals surface area contributed by atoms with Gasteiger partial charge in [0.25, 0.3) is 0 Å². The van der Waals surface area contributed by atoms with Crippen molar-refractivity contribution in [2.75, 3.05) is 19.6 Å². The lowest BCUT2D eigenvalue weighted by molar-refractivity contribution is -0.121. The fourth-order valence-corrected chi connectivity index (χ4v) is 1.64. The van der Waals surface area contributed by atoms with Crippen LogP contribution in [0.15, 0.2) is 0 Å². The van der Waals surface area contributed by atoms with Gasteiger partial charge in [-0.15, -0.1) is 0 Å². The molecular weight excluding hydrogens is 226 g/mol. The zero-order chi connectivity index (χ0) is 13.0. The zero-order valence-corrected chi connectivity index (χ0v) is 10.0. The van der Waals surface area contributed by atoms with Crippen molar-refractivity contribution in [3.63, 3.8) is 0 Å². The number of aliphatic hydroxyl groups excluding tert-OH is 2. The number of hydrogen-bond acceptors (Lipinski definition) is 5. The van der Waals surface area contributed by atoms with Gasteiger partial charge in [0, 0.05) is 19.1 Å². The summed E-state index contributed by atoms with van der Waals surface area (Å²) in [5.74, 6) is -0.454. The lowest BCUT2D eigenvalue weighted by Gasteiger charge is -2.14. The SMILES string of the molecule is CC(C)NC(=O)NC(=O)CN1C[C@@H](O)[C@@H](O)C1. The van der Waals surface area contributed by atoms with Gasteiger partial charge in [-0.25, -0.2) is 4.79 Å². The van der Waals surface area contributed by atoms with Gasteiger partial charge >= 0.3 is 6.03 Å². The van der Waals surface area contributed by atoms with Crippen molar-refractivity contribution < 1.29 is 19.8 Å². The van der Waals surface area contributed by atoms with E-state index in [1.807, 2.05) is 0 Å². The average molecular weight is 245 g/mol. The molecule has 0 spiro atoms. The Balaban J connectivity index is 2.28. The monoisotopic (exact) mass is 245 g/mol. The standard InChI is InChI=1S/C10H19N3O4/c1-6(2)11-10(17)12-9(16)5-13-3-7(14)8(15)4-13/h6-8,14-15H,3-5H2,1-2H3,(H2,11,12,16,17)/t7-,8+. The summed E-state index contributed by atoms with van der Waals surface area (Å²) in [6.07, 6.45) is -1.65. The first-order valence-corrected chi connectivity index (χ1v) is 5.57. The van der Waals surface area contributed by atoms with Crippen LogP contribution in [0.1, 0.15) is 13.8 Å². The molecule has 7 nitrogen and oxygen atoms in total. The first kappa shape index (κ1) is 13.9. The molecule has 0 aromatic carbocycles. The van der Waals surface area contributed by atoms with Crippen LogP contribution in [0.5, 0.6) is 0 Å². The maximum atomic E-state index is 11.4. The molecule has 0 aromatic rings. The molecule has 2 atom stereocenters. The lowest BCUT2D eigenvalue weighted by Crippen LogP contribution is -2.46. The third kappa shape index (κ3) is 4.68. The predicted molar refractivity (Wildman–Crippen MR) is 60.3 cm³/mol. The highest BCUT2D eigenvalue weighted by Crippen LogP contribution is 2.08. The molecule has 7 heteroatoms. The summed E-state index contributed by atoms with van der Waals surface area (Å²) < 4.78 is 0. The summed E-state index contributed by atoms with van der Waals surface area (Å²) in [5.41, 5.74) is 0. The second-order valence-electron chi connectivity index (χ2n) is 4.51. The number of urea groups is 1. The van der Waals surface area contributed by atoms with Gasteiger partial charge in [-0.3, -0.25) is 15.0 Å². The fourth-order valence-electron chi connectivity index (χ4n) is 1.64. The van der Waals surface area contributed by atoms with Gasteiger partial charge in [0.2, 0.25) is 5.91 Å². The Morgan fingerprint density at radius 1 is 1.29 bits per heavy atom. The number of carbonyl (C=O) groups excluding carboxylic acids is 2. The van der Waals surface area contributed by atoms with E-state index in [2.05, 4.69) is 10.6 Å². The van der Waals surface area contributed by atoms with Gasteiger partial charge < -0.3 is 15.5 Å². The van der Waals surface area contributed by atoms with Crippen molar-refractivity contribution in [1.82, 2.24) is 15.5 Å². The molecule has 1 aliphatic rings. The summed E-state index contributed by atoms with van der Waals surface area (Å²) in [6.45, 7) is 4.04. The van der Waals surface area contributed by atoms with Crippen LogP contribution in [0, 0.1) is 0 Å². The lowest BCUT2D eigenvalue weighted by atomic mass is 10.3. The van der Waals surface area contributed by atoms with Crippen molar-refractivity contribution >= 4 is 11.9 Å². The van der Waals surface area contributed by atoms with E-state index < -0.39 is 24.1 Å². The molecule has 1 heterocycles. The van der Waals surface area contributed by atoms with Crippen molar-refractivity contribution in [3.8, 4) is 0 Å². The number of likely N-dealkylation sites (tertiary alicyclic amines) is 1. The molecule has 4 N–H and O–H groups in total. The van der Waals surface area contributed by atoms with E-state index in [4.69, 9.17) is 0 Å². The average Bonchev–Trinajstić information content (AvgIpc) is 2.43. The summed E-state index contributed by atoms with van der Waals surface area (Å²) in [7, 11) is 0. The normalized spacial score (nSPS) is 25.0. The van der Waals surface area contributed by atoms with Gasteiger partial charge in [0.05, 0.1) is 18.8 Å². The molecule has 0 bridgehead atoms. The number of imide groups is 1. The second kappa shape index (κ2) is 5.95. The minimum absolute atomic E-state index is 0.0143. The number of hydrogen-bond donors (Lipinski definition) is 4. The highest BCUT2D eigenvalue weighted by molar-refractivity contribution is 5.95. The molecule has 1 aliphatic heterocycles. The number of β-amino-alcohol motifs (C(OH)–C–C–N with tert-alkyl or cyclic N) is 2. The van der Waals surface area contributed by atoms with Crippen molar-refractivity contribution in [2.24, 2.45) is 0 Å². The van der Waals surface area contributed by atoms with Crippen LogP contribution in [0.2, 0.25) is 0 Å². The molecule has 1 fully saturated rings. The predicted octanol–water partition coefficient (Wildman–Crippen LogP) is -1.74. The molecule has 98 valence electrons. The first-order chi connectivity index (χ1) is 7.88. The topological polar surface area (TPSA) is 102 Å². The Hall–Kier alpha value is -1.18. The van der Waals surface area contributed by atoms with E-state index in [9.17, 15) is 19.8 Å². The van der Waals surface area contributed by atoms with E-state index in [-0.39, 0.29) is 25.7 Å². The molecule has 0 aromatic heterocycles. The fraction of sp³-hybridized carbons (Fsp3) is 0.800. The molecular formula is C10H19N3O4. The third-order valence-corrected chi connectivity index (χ3v) is 2.37. The first-order valence-electron chi connectivity index (χ1n) is 5.57. The van der Waals surface area contributed by atoms with Gasteiger partial charge in [-0.2, -0.15) is 0 Å². The van der Waals surface area contributed by atoms with Crippen LogP contribution in [0.4, 0.5) is 4.79 Å². The summed E-state index contributed by atoms with van der Waals surface area (Å²) in [6, 6.07) is -0.580. The maximum Gasteiger partial charge on any atom is 0.321 e. The van der Waals surface area contributed by atoms with Crippen LogP contribution in [0.3, 0.4) is 0 Å². The third-order valence-electron chi connectivity index (χ3n) is 2.37. The molecule has 0 unspecified atom stereocenters. The largest absolute Gasteiger partial charge is 0.389 e. The van der Waals surface area contributed by atoms with Crippen molar-refractivity contribution in [3.05, 3.63) is 0 Å². The Bertz CT molecular complexity index is 285. The number of rotatable bonds is 3. The molecule has 1 rings (SSSR count). The van der Waals surface area contributed by atoms with Gasteiger partial charge in [-0.05, 0) is 13.8 Å².